The second kappa shape index (κ2) is 4.29. The molecule has 5 nitrogen and oxygen atoms in total. The summed E-state index contributed by atoms with van der Waals surface area (Å²) in [7, 11) is 0. The van der Waals surface area contributed by atoms with Crippen LogP contribution >= 0.6 is 0 Å². The van der Waals surface area contributed by atoms with Gasteiger partial charge >= 0.3 is 0 Å². The highest BCUT2D eigenvalue weighted by Crippen LogP contribution is 2.54. The van der Waals surface area contributed by atoms with E-state index in [4.69, 9.17) is 11.6 Å². The Morgan fingerprint density at radius 3 is 2.91 bits per heavy atom. The molecule has 2 aromatic rings. The first-order chi connectivity index (χ1) is 10.9. The topological polar surface area (TPSA) is 51.6 Å². The van der Waals surface area contributed by atoms with Crippen molar-refractivity contribution in [3.05, 3.63) is 52.9 Å². The molecule has 2 aliphatic carbocycles. The van der Waals surface area contributed by atoms with Crippen molar-refractivity contribution in [1.29, 1.82) is 0 Å². The molecular weight excluding hydrogens is 288 g/mol. The highest BCUT2D eigenvalue weighted by atomic mass is 16.1. The summed E-state index contributed by atoms with van der Waals surface area (Å²) in [4.78, 5) is 21.0. The first-order valence-corrected chi connectivity index (χ1v) is 7.87. The predicted octanol–water partition coefficient (Wildman–Crippen LogP) is 2.96. The third-order valence-corrected chi connectivity index (χ3v) is 5.64. The number of aryl methyl sites for hydroxylation is 1. The molecule has 2 aromatic heterocycles. The zero-order chi connectivity index (χ0) is 16.4. The third kappa shape index (κ3) is 1.69. The molecule has 0 bridgehead atoms. The molecule has 5 heteroatoms. The average molecular weight is 306 g/mol. The van der Waals surface area contributed by atoms with Gasteiger partial charge in [-0.2, -0.15) is 5.10 Å². The van der Waals surface area contributed by atoms with Crippen LogP contribution < -0.4 is 0 Å². The van der Waals surface area contributed by atoms with Gasteiger partial charge in [-0.1, -0.05) is 26.8 Å². The van der Waals surface area contributed by atoms with Crippen molar-refractivity contribution in [2.75, 3.05) is 0 Å². The lowest BCUT2D eigenvalue weighted by Gasteiger charge is -2.50. The average Bonchev–Trinajstić information content (AvgIpc) is 2.97. The number of carbonyl (C=O) groups is 1. The van der Waals surface area contributed by atoms with Gasteiger partial charge in [0.2, 0.25) is 5.70 Å². The fourth-order valence-corrected chi connectivity index (χ4v) is 4.50. The number of nitrogens with zero attached hydrogens (tertiary/aromatic N) is 4. The molecule has 0 unspecified atom stereocenters. The zero-order valence-corrected chi connectivity index (χ0v) is 13.5. The summed E-state index contributed by atoms with van der Waals surface area (Å²) in [6, 6.07) is 1.88. The van der Waals surface area contributed by atoms with E-state index in [9.17, 15) is 4.79 Å². The lowest BCUT2D eigenvalue weighted by atomic mass is 9.53. The van der Waals surface area contributed by atoms with Crippen LogP contribution in [0.1, 0.15) is 38.4 Å². The lowest BCUT2D eigenvalue weighted by Crippen LogP contribution is -2.51. The van der Waals surface area contributed by atoms with Crippen LogP contribution in [0, 0.1) is 17.9 Å². The van der Waals surface area contributed by atoms with E-state index in [1.807, 2.05) is 32.2 Å². The number of rotatable bonds is 0. The van der Waals surface area contributed by atoms with Crippen molar-refractivity contribution in [3.8, 4) is 0 Å². The van der Waals surface area contributed by atoms with Crippen molar-refractivity contribution in [2.24, 2.45) is 11.3 Å². The number of hydrogen-bond donors (Lipinski definition) is 0. The number of carbonyl (C=O) groups excluding carboxylic acids is 1. The maximum atomic E-state index is 12.6. The minimum absolute atomic E-state index is 0.0381. The van der Waals surface area contributed by atoms with E-state index in [0.29, 0.717) is 0 Å². The van der Waals surface area contributed by atoms with Crippen molar-refractivity contribution in [1.82, 2.24) is 14.6 Å². The van der Waals surface area contributed by atoms with E-state index in [-0.39, 0.29) is 17.4 Å². The van der Waals surface area contributed by atoms with Gasteiger partial charge in [-0.25, -0.2) is 14.3 Å². The molecule has 0 spiro atoms. The second-order valence-corrected chi connectivity index (χ2v) is 7.31. The monoisotopic (exact) mass is 306 g/mol. The van der Waals surface area contributed by atoms with Crippen LogP contribution in [0.3, 0.4) is 0 Å². The number of hydrogen-bond acceptors (Lipinski definition) is 3. The fraction of sp³-hybridized carbons (Fsp3) is 0.444. The van der Waals surface area contributed by atoms with Gasteiger partial charge in [0.15, 0.2) is 11.4 Å². The van der Waals surface area contributed by atoms with Crippen LogP contribution in [0.2, 0.25) is 0 Å². The Hall–Kier alpha value is -2.48. The van der Waals surface area contributed by atoms with Crippen molar-refractivity contribution >= 4 is 11.4 Å². The molecule has 2 atom stereocenters. The first kappa shape index (κ1) is 14.1. The molecule has 116 valence electrons. The Labute approximate surface area is 134 Å². The van der Waals surface area contributed by atoms with Gasteiger partial charge in [0, 0.05) is 23.1 Å². The summed E-state index contributed by atoms with van der Waals surface area (Å²) >= 11 is 0. The molecule has 0 radical (unpaired) electrons. The van der Waals surface area contributed by atoms with E-state index in [0.717, 1.165) is 29.7 Å². The summed E-state index contributed by atoms with van der Waals surface area (Å²) in [5.41, 5.74) is 2.26. The van der Waals surface area contributed by atoms with E-state index in [1.54, 1.807) is 10.7 Å². The molecule has 4 rings (SSSR count). The molecule has 2 aliphatic rings. The zero-order valence-electron chi connectivity index (χ0n) is 13.5. The highest BCUT2D eigenvalue weighted by Gasteiger charge is 2.54. The van der Waals surface area contributed by atoms with Gasteiger partial charge in [0.25, 0.3) is 0 Å². The van der Waals surface area contributed by atoms with Crippen LogP contribution in [0.5, 0.6) is 0 Å². The van der Waals surface area contributed by atoms with Crippen LogP contribution in [0.4, 0.5) is 0 Å². The van der Waals surface area contributed by atoms with Gasteiger partial charge in [0.05, 0.1) is 18.5 Å². The normalized spacial score (nSPS) is 28.7. The molecule has 0 amide bonds. The Morgan fingerprint density at radius 2 is 2.17 bits per heavy atom. The van der Waals surface area contributed by atoms with Gasteiger partial charge in [0.1, 0.15) is 0 Å². The Morgan fingerprint density at radius 1 is 1.39 bits per heavy atom. The molecule has 0 aromatic carbocycles. The standard InChI is InChI=1S/C18H18N4O/c1-17(2)13-6-5-11-10-22-14(7-8-20-22)21-15(11)18(13,3)9-12(19-4)16(17)23/h7-10,13H,5-6H2,1-3H3/t13-,18-/m0/s1. The minimum atomic E-state index is -0.547. The molecule has 0 aliphatic heterocycles. The van der Waals surface area contributed by atoms with Gasteiger partial charge in [-0.3, -0.25) is 0 Å². The number of Topliss-reactive ketones (excluding diaryl/α,β-unsaturated/α-hetero) is 1. The summed E-state index contributed by atoms with van der Waals surface area (Å²) in [5.74, 6) is 0.113. The summed E-state index contributed by atoms with van der Waals surface area (Å²) in [6.45, 7) is 13.5. The van der Waals surface area contributed by atoms with Crippen molar-refractivity contribution in [3.63, 3.8) is 0 Å². The van der Waals surface area contributed by atoms with Gasteiger partial charge < -0.3 is 4.79 Å². The third-order valence-electron chi connectivity index (χ3n) is 5.64. The largest absolute Gasteiger partial charge is 0.307 e. The maximum absolute atomic E-state index is 12.6. The summed E-state index contributed by atoms with van der Waals surface area (Å²) in [6.07, 6.45) is 7.43. The van der Waals surface area contributed by atoms with Crippen LogP contribution in [0.25, 0.3) is 10.5 Å². The smallest absolute Gasteiger partial charge is 0.226 e. The molecular formula is C18H18N4O. The fourth-order valence-electron chi connectivity index (χ4n) is 4.50. The summed E-state index contributed by atoms with van der Waals surface area (Å²) < 4.78 is 1.79. The van der Waals surface area contributed by atoms with Gasteiger partial charge in [-0.15, -0.1) is 0 Å². The van der Waals surface area contributed by atoms with Crippen LogP contribution in [0.15, 0.2) is 30.2 Å². The molecule has 0 fully saturated rings. The van der Waals surface area contributed by atoms with E-state index in [1.165, 1.54) is 0 Å². The second-order valence-electron chi connectivity index (χ2n) is 7.31. The number of ketones is 1. The van der Waals surface area contributed by atoms with Crippen LogP contribution in [-0.2, 0) is 16.6 Å². The van der Waals surface area contributed by atoms with E-state index < -0.39 is 10.8 Å². The van der Waals surface area contributed by atoms with Crippen LogP contribution in [-0.4, -0.2) is 20.4 Å². The minimum Gasteiger partial charge on any atom is -0.307 e. The first-order valence-electron chi connectivity index (χ1n) is 7.87. The highest BCUT2D eigenvalue weighted by molar-refractivity contribution is 6.02. The Balaban J connectivity index is 2.02. The Bertz CT molecular complexity index is 915. The number of aromatic nitrogens is 3. The van der Waals surface area contributed by atoms with Gasteiger partial charge in [-0.05, 0) is 24.3 Å². The maximum Gasteiger partial charge on any atom is 0.226 e. The number of fused-ring (bicyclic) bond motifs is 4. The predicted molar refractivity (Wildman–Crippen MR) is 85.6 cm³/mol. The molecule has 0 saturated carbocycles. The SMILES string of the molecule is [C-]#[N+]C1=C[C@]2(C)c3nc4ccnn4cc3CC[C@H]2C(C)(C)C1=O. The Kier molecular flexibility index (Phi) is 2.63. The molecule has 0 saturated heterocycles. The lowest BCUT2D eigenvalue weighted by molar-refractivity contribution is -0.128. The quantitative estimate of drug-likeness (QED) is 0.703. The van der Waals surface area contributed by atoms with Crippen molar-refractivity contribution in [2.45, 2.75) is 39.0 Å². The molecule has 23 heavy (non-hydrogen) atoms. The van der Waals surface area contributed by atoms with E-state index >= 15 is 0 Å². The summed E-state index contributed by atoms with van der Waals surface area (Å²) in [5, 5.41) is 4.26. The molecule has 0 N–H and O–H groups in total. The number of allylic oxidation sites excluding steroid dienone is 2. The van der Waals surface area contributed by atoms with E-state index in [2.05, 4.69) is 16.9 Å². The van der Waals surface area contributed by atoms with Crippen molar-refractivity contribution < 1.29 is 4.79 Å². The molecule has 2 heterocycles.